The number of hydrogen-bond donors (Lipinski definition) is 0. The molecule has 2 rings (SSSR count). The Morgan fingerprint density at radius 1 is 1.06 bits per heavy atom. The fourth-order valence-corrected chi connectivity index (χ4v) is 1.44. The lowest BCUT2D eigenvalue weighted by atomic mass is 10.2. The van der Waals surface area contributed by atoms with Gasteiger partial charge >= 0.3 is 0 Å². The number of rotatable bonds is 1. The number of benzene rings is 1. The summed E-state index contributed by atoms with van der Waals surface area (Å²) in [4.78, 5) is 0. The molecule has 0 amide bonds. The minimum absolute atomic E-state index is 1.08. The van der Waals surface area contributed by atoms with Gasteiger partial charge in [-0.1, -0.05) is 78.4 Å². The second-order valence-corrected chi connectivity index (χ2v) is 3.89. The molecule has 0 unspecified atom stereocenters. The summed E-state index contributed by atoms with van der Waals surface area (Å²) in [7, 11) is 0. The summed E-state index contributed by atoms with van der Waals surface area (Å²) in [5.74, 6) is 0. The van der Waals surface area contributed by atoms with Gasteiger partial charge in [-0.3, -0.25) is 0 Å². The third kappa shape index (κ3) is 6.36. The number of allylic oxidation sites excluding steroid dienone is 7. The molecule has 0 aliphatic heterocycles. The largest absolute Gasteiger partial charge is 0.0871 e. The first-order valence-electron chi connectivity index (χ1n) is 6.00. The van der Waals surface area contributed by atoms with Gasteiger partial charge in [0.1, 0.15) is 0 Å². The maximum atomic E-state index is 2.16. The van der Waals surface area contributed by atoms with Crippen LogP contribution in [0.1, 0.15) is 25.8 Å². The second-order valence-electron chi connectivity index (χ2n) is 3.89. The molecule has 0 N–H and O–H groups in total. The van der Waals surface area contributed by atoms with E-state index in [1.54, 1.807) is 0 Å². The molecule has 0 saturated heterocycles. The molecule has 0 heterocycles. The zero-order chi connectivity index (χ0) is 12.3. The van der Waals surface area contributed by atoms with E-state index in [9.17, 15) is 0 Å². The van der Waals surface area contributed by atoms with Crippen molar-refractivity contribution in [3.8, 4) is 0 Å². The van der Waals surface area contributed by atoms with Crippen molar-refractivity contribution in [1.82, 2.24) is 0 Å². The predicted octanol–water partition coefficient (Wildman–Crippen LogP) is 5.17. The van der Waals surface area contributed by atoms with Gasteiger partial charge in [-0.2, -0.15) is 0 Å². The van der Waals surface area contributed by atoms with Gasteiger partial charge in [0.2, 0.25) is 0 Å². The topological polar surface area (TPSA) is 0 Å². The number of hydrogen-bond acceptors (Lipinski definition) is 0. The van der Waals surface area contributed by atoms with Gasteiger partial charge in [0, 0.05) is 0 Å². The summed E-state index contributed by atoms with van der Waals surface area (Å²) in [6.07, 6.45) is 15.9. The first kappa shape index (κ1) is 13.2. The molecular formula is C17H20. The summed E-state index contributed by atoms with van der Waals surface area (Å²) in [5.41, 5.74) is 2.60. The third-order valence-electron chi connectivity index (χ3n) is 2.31. The molecule has 0 bridgehead atoms. The SMILES string of the molecule is C/C=C/c1ccccc1.CC1=CC=CCC=C1. The predicted molar refractivity (Wildman–Crippen MR) is 77.8 cm³/mol. The van der Waals surface area contributed by atoms with Gasteiger partial charge in [0.25, 0.3) is 0 Å². The van der Waals surface area contributed by atoms with Crippen LogP contribution in [0.2, 0.25) is 0 Å². The summed E-state index contributed by atoms with van der Waals surface area (Å²) in [6, 6.07) is 10.3. The molecule has 88 valence electrons. The van der Waals surface area contributed by atoms with E-state index in [0.717, 1.165) is 6.42 Å². The summed E-state index contributed by atoms with van der Waals surface area (Å²) in [5, 5.41) is 0. The van der Waals surface area contributed by atoms with Crippen molar-refractivity contribution in [1.29, 1.82) is 0 Å². The average molecular weight is 224 g/mol. The molecule has 0 saturated carbocycles. The van der Waals surface area contributed by atoms with E-state index >= 15 is 0 Å². The lowest BCUT2D eigenvalue weighted by molar-refractivity contribution is 1.40. The van der Waals surface area contributed by atoms with Crippen LogP contribution in [0, 0.1) is 0 Å². The van der Waals surface area contributed by atoms with Crippen LogP contribution in [0.5, 0.6) is 0 Å². The highest BCUT2D eigenvalue weighted by Gasteiger charge is 1.80. The standard InChI is InChI=1S/C9H10.C8H10/c1-2-6-9-7-4-3-5-8-9;1-8-6-4-2-3-5-7-8/h2-8H,1H3;2,4-7H,3H2,1H3/b6-2+;. The van der Waals surface area contributed by atoms with Crippen molar-refractivity contribution in [3.63, 3.8) is 0 Å². The minimum Gasteiger partial charge on any atom is -0.0871 e. The molecule has 0 fully saturated rings. The molecule has 0 nitrogen and oxygen atoms in total. The Morgan fingerprint density at radius 2 is 1.82 bits per heavy atom. The van der Waals surface area contributed by atoms with Crippen LogP contribution < -0.4 is 0 Å². The zero-order valence-corrected chi connectivity index (χ0v) is 10.6. The zero-order valence-electron chi connectivity index (χ0n) is 10.6. The van der Waals surface area contributed by atoms with Crippen LogP contribution in [-0.4, -0.2) is 0 Å². The van der Waals surface area contributed by atoms with Crippen LogP contribution in [0.15, 0.2) is 72.4 Å². The lowest BCUT2D eigenvalue weighted by Gasteiger charge is -1.86. The molecule has 17 heavy (non-hydrogen) atoms. The Balaban J connectivity index is 0.000000171. The van der Waals surface area contributed by atoms with Crippen molar-refractivity contribution in [2.75, 3.05) is 0 Å². The first-order chi connectivity index (χ1) is 8.33. The quantitative estimate of drug-likeness (QED) is 0.617. The maximum Gasteiger partial charge on any atom is -0.0163 e. The van der Waals surface area contributed by atoms with E-state index in [4.69, 9.17) is 0 Å². The highest BCUT2D eigenvalue weighted by atomic mass is 13.9. The molecule has 0 heteroatoms. The van der Waals surface area contributed by atoms with E-state index in [-0.39, 0.29) is 0 Å². The maximum absolute atomic E-state index is 2.16. The van der Waals surface area contributed by atoms with Gasteiger partial charge in [-0.05, 0) is 25.8 Å². The van der Waals surface area contributed by atoms with E-state index in [1.807, 2.05) is 31.2 Å². The van der Waals surface area contributed by atoms with Gasteiger partial charge in [-0.15, -0.1) is 0 Å². The van der Waals surface area contributed by atoms with E-state index in [0.29, 0.717) is 0 Å². The smallest absolute Gasteiger partial charge is 0.0163 e. The molecule has 0 atom stereocenters. The Labute approximate surface area is 105 Å². The van der Waals surface area contributed by atoms with Gasteiger partial charge in [0.05, 0.1) is 0 Å². The Morgan fingerprint density at radius 3 is 2.53 bits per heavy atom. The average Bonchev–Trinajstić information content (AvgIpc) is 2.60. The highest BCUT2D eigenvalue weighted by molar-refractivity contribution is 5.47. The van der Waals surface area contributed by atoms with Gasteiger partial charge < -0.3 is 0 Å². The molecule has 0 spiro atoms. The Bertz CT molecular complexity index is 417. The minimum atomic E-state index is 1.08. The van der Waals surface area contributed by atoms with Crippen molar-refractivity contribution >= 4 is 6.08 Å². The van der Waals surface area contributed by atoms with Gasteiger partial charge in [-0.25, -0.2) is 0 Å². The third-order valence-corrected chi connectivity index (χ3v) is 2.31. The summed E-state index contributed by atoms with van der Waals surface area (Å²) < 4.78 is 0. The van der Waals surface area contributed by atoms with E-state index in [2.05, 4.69) is 55.5 Å². The van der Waals surface area contributed by atoms with Crippen LogP contribution in [-0.2, 0) is 0 Å². The van der Waals surface area contributed by atoms with Crippen LogP contribution in [0.25, 0.3) is 6.08 Å². The second kappa shape index (κ2) is 8.35. The van der Waals surface area contributed by atoms with Crippen molar-refractivity contribution in [2.45, 2.75) is 20.3 Å². The van der Waals surface area contributed by atoms with Crippen LogP contribution in [0.4, 0.5) is 0 Å². The van der Waals surface area contributed by atoms with E-state index < -0.39 is 0 Å². The van der Waals surface area contributed by atoms with Crippen molar-refractivity contribution in [2.24, 2.45) is 0 Å². The molecule has 1 aromatic rings. The normalized spacial score (nSPS) is 13.9. The summed E-state index contributed by atoms with van der Waals surface area (Å²) >= 11 is 0. The van der Waals surface area contributed by atoms with Crippen LogP contribution in [0.3, 0.4) is 0 Å². The van der Waals surface area contributed by atoms with E-state index in [1.165, 1.54) is 11.1 Å². The molecule has 1 aliphatic carbocycles. The molecule has 1 aromatic carbocycles. The fraction of sp³-hybridized carbons (Fsp3) is 0.176. The fourth-order valence-electron chi connectivity index (χ4n) is 1.44. The summed E-state index contributed by atoms with van der Waals surface area (Å²) in [6.45, 7) is 4.12. The molecule has 0 radical (unpaired) electrons. The lowest BCUT2D eigenvalue weighted by Crippen LogP contribution is -1.65. The molecule has 0 aromatic heterocycles. The molecule has 1 aliphatic rings. The first-order valence-corrected chi connectivity index (χ1v) is 6.00. The Hall–Kier alpha value is -1.82. The van der Waals surface area contributed by atoms with Gasteiger partial charge in [0.15, 0.2) is 0 Å². The molecular weight excluding hydrogens is 204 g/mol. The highest BCUT2D eigenvalue weighted by Crippen LogP contribution is 2.01. The monoisotopic (exact) mass is 224 g/mol. The Kier molecular flexibility index (Phi) is 6.50. The van der Waals surface area contributed by atoms with Crippen molar-refractivity contribution in [3.05, 3.63) is 77.9 Å². The van der Waals surface area contributed by atoms with Crippen molar-refractivity contribution < 1.29 is 0 Å². The van der Waals surface area contributed by atoms with Crippen LogP contribution >= 0.6 is 0 Å².